The average molecular weight is 209 g/mol. The first-order valence-corrected chi connectivity index (χ1v) is 5.66. The Kier molecular flexibility index (Phi) is 4.05. The van der Waals surface area contributed by atoms with Gasteiger partial charge in [0.2, 0.25) is 0 Å². The molecule has 0 aliphatic carbocycles. The second-order valence-corrected chi connectivity index (χ2v) is 4.11. The highest BCUT2D eigenvalue weighted by Crippen LogP contribution is 2.21. The predicted molar refractivity (Wildman–Crippen MR) is 58.1 cm³/mol. The van der Waals surface area contributed by atoms with Crippen molar-refractivity contribution in [3.63, 3.8) is 0 Å². The lowest BCUT2D eigenvalue weighted by molar-refractivity contribution is 0.259. The fraction of sp³-hybridized carbons (Fsp3) is 0.600. The molecule has 14 heavy (non-hydrogen) atoms. The zero-order valence-electron chi connectivity index (χ0n) is 8.82. The summed E-state index contributed by atoms with van der Waals surface area (Å²) in [6, 6.07) is 2.12. The van der Waals surface area contributed by atoms with Gasteiger partial charge < -0.3 is 0 Å². The van der Waals surface area contributed by atoms with E-state index in [9.17, 15) is 0 Å². The Hall–Kier alpha value is -0.920. The van der Waals surface area contributed by atoms with Crippen LogP contribution in [0.1, 0.15) is 30.6 Å². The van der Waals surface area contributed by atoms with Gasteiger partial charge in [0.05, 0.1) is 16.8 Å². The summed E-state index contributed by atoms with van der Waals surface area (Å²) < 4.78 is 0. The molecule has 1 heterocycles. The second-order valence-electron chi connectivity index (χ2n) is 3.04. The molecule has 0 saturated heterocycles. The van der Waals surface area contributed by atoms with E-state index in [1.54, 1.807) is 11.3 Å². The standard InChI is InChI=1S/C10H15N3S/c1-4-13(5-2)10(6-11)9-7-14-8(3)12-9/h7,10H,4-5H2,1-3H3. The summed E-state index contributed by atoms with van der Waals surface area (Å²) in [5, 5.41) is 12.1. The van der Waals surface area contributed by atoms with Gasteiger partial charge in [-0.1, -0.05) is 13.8 Å². The zero-order valence-corrected chi connectivity index (χ0v) is 9.64. The molecule has 0 saturated carbocycles. The van der Waals surface area contributed by atoms with Crippen molar-refractivity contribution in [2.75, 3.05) is 13.1 Å². The van der Waals surface area contributed by atoms with E-state index >= 15 is 0 Å². The second kappa shape index (κ2) is 5.08. The summed E-state index contributed by atoms with van der Waals surface area (Å²) in [5.74, 6) is 0. The van der Waals surface area contributed by atoms with E-state index in [-0.39, 0.29) is 6.04 Å². The van der Waals surface area contributed by atoms with Crippen molar-refractivity contribution in [2.45, 2.75) is 26.8 Å². The summed E-state index contributed by atoms with van der Waals surface area (Å²) in [6.45, 7) is 7.85. The maximum absolute atomic E-state index is 9.09. The van der Waals surface area contributed by atoms with Gasteiger partial charge in [0, 0.05) is 5.38 Å². The molecule has 0 amide bonds. The smallest absolute Gasteiger partial charge is 0.141 e. The third-order valence-electron chi connectivity index (χ3n) is 2.22. The first-order chi connectivity index (χ1) is 6.72. The van der Waals surface area contributed by atoms with E-state index < -0.39 is 0 Å². The van der Waals surface area contributed by atoms with Gasteiger partial charge >= 0.3 is 0 Å². The quantitative estimate of drug-likeness (QED) is 0.764. The molecule has 1 atom stereocenters. The molecule has 0 fully saturated rings. The minimum Gasteiger partial charge on any atom is -0.284 e. The van der Waals surface area contributed by atoms with Gasteiger partial charge in [-0.05, 0) is 20.0 Å². The van der Waals surface area contributed by atoms with Gasteiger partial charge in [-0.3, -0.25) is 4.90 Å². The number of nitrogens with zero attached hydrogens (tertiary/aromatic N) is 3. The lowest BCUT2D eigenvalue weighted by Crippen LogP contribution is -2.27. The lowest BCUT2D eigenvalue weighted by atomic mass is 10.2. The number of thiazole rings is 1. The summed E-state index contributed by atoms with van der Waals surface area (Å²) in [6.07, 6.45) is 0. The van der Waals surface area contributed by atoms with E-state index in [1.807, 2.05) is 12.3 Å². The van der Waals surface area contributed by atoms with Crippen molar-refractivity contribution < 1.29 is 0 Å². The van der Waals surface area contributed by atoms with Crippen molar-refractivity contribution in [2.24, 2.45) is 0 Å². The zero-order chi connectivity index (χ0) is 10.6. The molecule has 0 aliphatic heterocycles. The SMILES string of the molecule is CCN(CC)C(C#N)c1csc(C)n1. The minimum absolute atomic E-state index is 0.185. The molecule has 0 bridgehead atoms. The summed E-state index contributed by atoms with van der Waals surface area (Å²) >= 11 is 1.60. The molecule has 1 unspecified atom stereocenters. The van der Waals surface area contributed by atoms with Crippen LogP contribution in [0.25, 0.3) is 0 Å². The lowest BCUT2D eigenvalue weighted by Gasteiger charge is -2.22. The Morgan fingerprint density at radius 2 is 2.21 bits per heavy atom. The van der Waals surface area contributed by atoms with Crippen LogP contribution in [0.5, 0.6) is 0 Å². The Morgan fingerprint density at radius 3 is 2.57 bits per heavy atom. The Bertz CT molecular complexity index is 322. The molecular weight excluding hydrogens is 194 g/mol. The van der Waals surface area contributed by atoms with Gasteiger partial charge in [-0.25, -0.2) is 4.98 Å². The summed E-state index contributed by atoms with van der Waals surface area (Å²) in [7, 11) is 0. The average Bonchev–Trinajstić information content (AvgIpc) is 2.60. The highest BCUT2D eigenvalue weighted by Gasteiger charge is 2.19. The van der Waals surface area contributed by atoms with Crippen LogP contribution in [0.4, 0.5) is 0 Å². The van der Waals surface area contributed by atoms with E-state index in [0.29, 0.717) is 0 Å². The van der Waals surface area contributed by atoms with Crippen molar-refractivity contribution in [1.82, 2.24) is 9.88 Å². The van der Waals surface area contributed by atoms with E-state index in [1.165, 1.54) is 0 Å². The first kappa shape index (κ1) is 11.2. The third-order valence-corrected chi connectivity index (χ3v) is 3.01. The van der Waals surface area contributed by atoms with Crippen LogP contribution in [0.2, 0.25) is 0 Å². The number of aryl methyl sites for hydroxylation is 1. The molecule has 0 radical (unpaired) electrons. The van der Waals surface area contributed by atoms with E-state index in [4.69, 9.17) is 5.26 Å². The van der Waals surface area contributed by atoms with Gasteiger partial charge in [0.15, 0.2) is 0 Å². The minimum atomic E-state index is -0.185. The van der Waals surface area contributed by atoms with Crippen molar-refractivity contribution in [3.8, 4) is 6.07 Å². The Balaban J connectivity index is 2.87. The molecule has 1 aromatic heterocycles. The normalized spacial score (nSPS) is 12.8. The number of nitriles is 1. The maximum Gasteiger partial charge on any atom is 0.141 e. The Labute approximate surface area is 89.0 Å². The fourth-order valence-electron chi connectivity index (χ4n) is 1.43. The monoisotopic (exact) mass is 209 g/mol. The molecule has 0 aromatic carbocycles. The van der Waals surface area contributed by atoms with Crippen LogP contribution in [0.3, 0.4) is 0 Å². The van der Waals surface area contributed by atoms with E-state index in [0.717, 1.165) is 23.8 Å². The van der Waals surface area contributed by atoms with Gasteiger partial charge in [0.1, 0.15) is 6.04 Å². The van der Waals surface area contributed by atoms with E-state index in [2.05, 4.69) is 29.8 Å². The molecule has 1 aromatic rings. The topological polar surface area (TPSA) is 39.9 Å². The summed E-state index contributed by atoms with van der Waals surface area (Å²) in [4.78, 5) is 6.46. The highest BCUT2D eigenvalue weighted by molar-refractivity contribution is 7.09. The fourth-order valence-corrected chi connectivity index (χ4v) is 2.06. The van der Waals surface area contributed by atoms with Gasteiger partial charge in [-0.2, -0.15) is 5.26 Å². The number of hydrogen-bond donors (Lipinski definition) is 0. The maximum atomic E-state index is 9.09. The molecule has 0 N–H and O–H groups in total. The molecule has 0 spiro atoms. The molecule has 3 nitrogen and oxygen atoms in total. The van der Waals surface area contributed by atoms with Crippen LogP contribution >= 0.6 is 11.3 Å². The van der Waals surface area contributed by atoms with Gasteiger partial charge in [-0.15, -0.1) is 11.3 Å². The van der Waals surface area contributed by atoms with Crippen LogP contribution in [-0.2, 0) is 0 Å². The van der Waals surface area contributed by atoms with Crippen molar-refractivity contribution >= 4 is 11.3 Å². The van der Waals surface area contributed by atoms with Crippen molar-refractivity contribution in [3.05, 3.63) is 16.1 Å². The van der Waals surface area contributed by atoms with Crippen LogP contribution in [0, 0.1) is 18.3 Å². The number of rotatable bonds is 4. The van der Waals surface area contributed by atoms with Crippen molar-refractivity contribution in [1.29, 1.82) is 5.26 Å². The van der Waals surface area contributed by atoms with Gasteiger partial charge in [0.25, 0.3) is 0 Å². The van der Waals surface area contributed by atoms with Crippen LogP contribution in [0.15, 0.2) is 5.38 Å². The number of hydrogen-bond acceptors (Lipinski definition) is 4. The predicted octanol–water partition coefficient (Wildman–Crippen LogP) is 2.36. The molecule has 0 aliphatic rings. The van der Waals surface area contributed by atoms with Crippen LogP contribution < -0.4 is 0 Å². The largest absolute Gasteiger partial charge is 0.284 e. The number of aromatic nitrogens is 1. The molecule has 1 rings (SSSR count). The summed E-state index contributed by atoms with van der Waals surface area (Å²) in [5.41, 5.74) is 0.888. The molecular formula is C10H15N3S. The molecule has 76 valence electrons. The first-order valence-electron chi connectivity index (χ1n) is 4.78. The van der Waals surface area contributed by atoms with Crippen LogP contribution in [-0.4, -0.2) is 23.0 Å². The Morgan fingerprint density at radius 1 is 1.57 bits per heavy atom. The highest BCUT2D eigenvalue weighted by atomic mass is 32.1. The molecule has 4 heteroatoms. The third kappa shape index (κ3) is 2.31.